The molecular weight excluding hydrogens is 522 g/mol. The maximum Gasteiger partial charge on any atom is 0.573 e. The minimum atomic E-state index is -4.90. The van der Waals surface area contributed by atoms with Gasteiger partial charge in [-0.25, -0.2) is 13.9 Å². The van der Waals surface area contributed by atoms with Crippen LogP contribution in [0.25, 0.3) is 5.69 Å². The Kier molecular flexibility index (Phi) is 8.92. The zero-order chi connectivity index (χ0) is 28.0. The van der Waals surface area contributed by atoms with Crippen molar-refractivity contribution in [3.63, 3.8) is 0 Å². The fourth-order valence-corrected chi connectivity index (χ4v) is 4.14. The van der Waals surface area contributed by atoms with Crippen LogP contribution in [0.4, 0.5) is 28.2 Å². The Morgan fingerprint density at radius 2 is 1.97 bits per heavy atom. The Labute approximate surface area is 222 Å². The number of rotatable bonds is 9. The lowest BCUT2D eigenvalue weighted by molar-refractivity contribution is -0.274. The van der Waals surface area contributed by atoms with E-state index in [0.29, 0.717) is 29.8 Å². The van der Waals surface area contributed by atoms with Crippen LogP contribution >= 0.6 is 0 Å². The molecule has 2 aromatic carbocycles. The van der Waals surface area contributed by atoms with E-state index in [2.05, 4.69) is 25.8 Å². The minimum absolute atomic E-state index is 0.106. The van der Waals surface area contributed by atoms with Crippen molar-refractivity contribution in [1.29, 1.82) is 0 Å². The van der Waals surface area contributed by atoms with E-state index in [0.717, 1.165) is 0 Å². The molecule has 2 amide bonds. The number of carbonyl (C=O) groups is 1. The van der Waals surface area contributed by atoms with Gasteiger partial charge in [0.25, 0.3) is 0 Å². The number of benzene rings is 2. The number of methoxy groups -OCH3 is 1. The molecule has 0 spiro atoms. The third kappa shape index (κ3) is 7.39. The van der Waals surface area contributed by atoms with E-state index in [1.165, 1.54) is 30.0 Å². The SMILES string of the molecule is COCc1ccc(OC(F)(F)F)c(CNC(=O)Nc2c(C)c(O[C@H]3CCNC[C@@H]3F)nn2-c2ccccc2)c1. The van der Waals surface area contributed by atoms with Crippen molar-refractivity contribution < 1.29 is 36.6 Å². The number of nitrogens with one attached hydrogen (secondary N) is 3. The predicted octanol–water partition coefficient (Wildman–Crippen LogP) is 4.63. The molecule has 210 valence electrons. The summed E-state index contributed by atoms with van der Waals surface area (Å²) in [6, 6.07) is 12.3. The monoisotopic (exact) mass is 551 g/mol. The molecule has 0 bridgehead atoms. The van der Waals surface area contributed by atoms with Crippen LogP contribution in [-0.2, 0) is 17.9 Å². The van der Waals surface area contributed by atoms with Gasteiger partial charge in [0.2, 0.25) is 5.88 Å². The number of hydrogen-bond donors (Lipinski definition) is 3. The van der Waals surface area contributed by atoms with Gasteiger partial charge in [0, 0.05) is 25.8 Å². The molecule has 0 saturated carbocycles. The van der Waals surface area contributed by atoms with Crippen LogP contribution in [-0.4, -0.2) is 54.6 Å². The number of carbonyl (C=O) groups excluding carboxylic acids is 1. The zero-order valence-corrected chi connectivity index (χ0v) is 21.3. The van der Waals surface area contributed by atoms with Crippen molar-refractivity contribution >= 4 is 11.8 Å². The quantitative estimate of drug-likeness (QED) is 0.336. The summed E-state index contributed by atoms with van der Waals surface area (Å²) in [6.45, 7) is 2.34. The number of halogens is 4. The summed E-state index contributed by atoms with van der Waals surface area (Å²) in [7, 11) is 1.46. The van der Waals surface area contributed by atoms with Crippen LogP contribution in [0.3, 0.4) is 0 Å². The normalized spacial score (nSPS) is 17.5. The summed E-state index contributed by atoms with van der Waals surface area (Å²) in [5.41, 5.74) is 1.78. The molecule has 0 aliphatic carbocycles. The zero-order valence-electron chi connectivity index (χ0n) is 21.3. The predicted molar refractivity (Wildman–Crippen MR) is 135 cm³/mol. The first-order valence-electron chi connectivity index (χ1n) is 12.2. The lowest BCUT2D eigenvalue weighted by Gasteiger charge is -2.26. The molecule has 4 rings (SSSR count). The molecule has 1 aromatic heterocycles. The molecule has 0 radical (unpaired) electrons. The van der Waals surface area contributed by atoms with Gasteiger partial charge in [0.05, 0.1) is 17.9 Å². The third-order valence-electron chi connectivity index (χ3n) is 6.02. The highest BCUT2D eigenvalue weighted by atomic mass is 19.4. The van der Waals surface area contributed by atoms with Gasteiger partial charge in [-0.1, -0.05) is 24.3 Å². The van der Waals surface area contributed by atoms with E-state index >= 15 is 0 Å². The molecule has 0 unspecified atom stereocenters. The summed E-state index contributed by atoms with van der Waals surface area (Å²) >= 11 is 0. The largest absolute Gasteiger partial charge is 0.573 e. The van der Waals surface area contributed by atoms with Crippen LogP contribution in [0.5, 0.6) is 11.6 Å². The van der Waals surface area contributed by atoms with E-state index in [1.807, 2.05) is 6.07 Å². The summed E-state index contributed by atoms with van der Waals surface area (Å²) in [5, 5.41) is 12.7. The summed E-state index contributed by atoms with van der Waals surface area (Å²) in [5.74, 6) is -0.0126. The van der Waals surface area contributed by atoms with Crippen LogP contribution in [0.15, 0.2) is 48.5 Å². The van der Waals surface area contributed by atoms with Gasteiger partial charge in [-0.05, 0) is 49.7 Å². The summed E-state index contributed by atoms with van der Waals surface area (Å²) < 4.78 is 69.6. The highest BCUT2D eigenvalue weighted by molar-refractivity contribution is 5.89. The molecule has 1 saturated heterocycles. The molecular formula is C26H29F4N5O4. The Balaban J connectivity index is 1.55. The van der Waals surface area contributed by atoms with Gasteiger partial charge in [-0.3, -0.25) is 5.32 Å². The maximum atomic E-state index is 14.4. The second-order valence-corrected chi connectivity index (χ2v) is 8.92. The van der Waals surface area contributed by atoms with Gasteiger partial charge >= 0.3 is 12.4 Å². The number of ether oxygens (including phenoxy) is 3. The average molecular weight is 552 g/mol. The van der Waals surface area contributed by atoms with E-state index in [9.17, 15) is 22.4 Å². The molecule has 1 aliphatic rings. The second-order valence-electron chi connectivity index (χ2n) is 8.92. The topological polar surface area (TPSA) is 98.7 Å². The van der Waals surface area contributed by atoms with E-state index in [1.54, 1.807) is 31.2 Å². The molecule has 1 aliphatic heterocycles. The van der Waals surface area contributed by atoms with Crippen LogP contribution in [0, 0.1) is 6.92 Å². The smallest absolute Gasteiger partial charge is 0.470 e. The van der Waals surface area contributed by atoms with Crippen LogP contribution < -0.4 is 25.4 Å². The Bertz CT molecular complexity index is 1270. The molecule has 3 aromatic rings. The van der Waals surface area contributed by atoms with Crippen LogP contribution in [0.2, 0.25) is 0 Å². The highest BCUT2D eigenvalue weighted by Crippen LogP contribution is 2.31. The first kappa shape index (κ1) is 28.2. The lowest BCUT2D eigenvalue weighted by atomic mass is 10.1. The van der Waals surface area contributed by atoms with Crippen LogP contribution in [0.1, 0.15) is 23.1 Å². The Morgan fingerprint density at radius 3 is 2.67 bits per heavy atom. The second kappa shape index (κ2) is 12.3. The number of amides is 2. The number of urea groups is 1. The van der Waals surface area contributed by atoms with Crippen molar-refractivity contribution in [2.75, 3.05) is 25.5 Å². The first-order valence-corrected chi connectivity index (χ1v) is 12.2. The van der Waals surface area contributed by atoms with Gasteiger partial charge in [0.15, 0.2) is 0 Å². The van der Waals surface area contributed by atoms with Crippen molar-refractivity contribution in [2.24, 2.45) is 0 Å². The number of hydrogen-bond acceptors (Lipinski definition) is 6. The molecule has 3 N–H and O–H groups in total. The van der Waals surface area contributed by atoms with Gasteiger partial charge in [-0.15, -0.1) is 18.3 Å². The Hall–Kier alpha value is -3.84. The number of para-hydroxylation sites is 1. The maximum absolute atomic E-state index is 14.4. The molecule has 2 heterocycles. The average Bonchev–Trinajstić information content (AvgIpc) is 3.20. The highest BCUT2D eigenvalue weighted by Gasteiger charge is 2.32. The molecule has 13 heteroatoms. The van der Waals surface area contributed by atoms with Gasteiger partial charge in [0.1, 0.15) is 23.8 Å². The van der Waals surface area contributed by atoms with E-state index in [4.69, 9.17) is 9.47 Å². The van der Waals surface area contributed by atoms with Crippen molar-refractivity contribution in [3.05, 3.63) is 65.2 Å². The van der Waals surface area contributed by atoms with Crippen molar-refractivity contribution in [1.82, 2.24) is 20.4 Å². The van der Waals surface area contributed by atoms with Crippen molar-refractivity contribution in [3.8, 4) is 17.3 Å². The van der Waals surface area contributed by atoms with Gasteiger partial charge in [-0.2, -0.15) is 0 Å². The number of anilines is 1. The number of nitrogens with zero attached hydrogens (tertiary/aromatic N) is 2. The standard InChI is InChI=1S/C26H29F4N5O4/c1-16-23(33-25(36)32-13-18-12-17(15-37-2)8-9-21(18)39-26(28,29)30)35(19-6-4-3-5-7-19)34-24(16)38-22-10-11-31-14-20(22)27/h3-9,12,20,22,31H,10-11,13-15H2,1-2H3,(H2,32,33,36)/t20-,22-/m0/s1. The number of alkyl halides is 4. The summed E-state index contributed by atoms with van der Waals surface area (Å²) in [6.07, 6.45) is -6.37. The lowest BCUT2D eigenvalue weighted by Crippen LogP contribution is -2.44. The first-order chi connectivity index (χ1) is 18.6. The van der Waals surface area contributed by atoms with E-state index < -0.39 is 30.4 Å². The number of piperidine rings is 1. The fourth-order valence-electron chi connectivity index (χ4n) is 4.14. The molecule has 2 atom stereocenters. The Morgan fingerprint density at radius 1 is 1.21 bits per heavy atom. The molecule has 1 fully saturated rings. The minimum Gasteiger partial charge on any atom is -0.470 e. The van der Waals surface area contributed by atoms with E-state index in [-0.39, 0.29) is 37.0 Å². The van der Waals surface area contributed by atoms with Gasteiger partial charge < -0.3 is 24.8 Å². The molecule has 39 heavy (non-hydrogen) atoms. The fraction of sp³-hybridized carbons (Fsp3) is 0.385. The summed E-state index contributed by atoms with van der Waals surface area (Å²) in [4.78, 5) is 12.9. The molecule has 9 nitrogen and oxygen atoms in total. The van der Waals surface area contributed by atoms with Crippen molar-refractivity contribution in [2.45, 2.75) is 45.1 Å². The third-order valence-corrected chi connectivity index (χ3v) is 6.02. The number of aromatic nitrogens is 2.